The van der Waals surface area contributed by atoms with Gasteiger partial charge in [0.05, 0.1) is 0 Å². The molecule has 0 saturated carbocycles. The molecule has 0 saturated heterocycles. The van der Waals surface area contributed by atoms with E-state index in [1.54, 1.807) is 0 Å². The summed E-state index contributed by atoms with van der Waals surface area (Å²) in [5, 5.41) is 8.90. The smallest absolute Gasteiger partial charge is 0.396 e. The minimum absolute atomic E-state index is 0.0532. The highest BCUT2D eigenvalue weighted by Gasteiger charge is 2.41. The molecule has 3 N–H and O–H groups in total. The number of aliphatic hydroxyl groups is 1. The van der Waals surface area contributed by atoms with Gasteiger partial charge in [-0.15, -0.1) is 0 Å². The van der Waals surface area contributed by atoms with Gasteiger partial charge in [-0.25, -0.2) is 0 Å². The first-order valence-electron chi connectivity index (χ1n) is 6.40. The van der Waals surface area contributed by atoms with E-state index in [0.717, 1.165) is 12.5 Å². The topological polar surface area (TPSA) is 73.9 Å². The Morgan fingerprint density at radius 1 is 1.24 bits per heavy atom. The van der Waals surface area contributed by atoms with Crippen LogP contribution >= 0.6 is 0 Å². The van der Waals surface area contributed by atoms with Crippen molar-refractivity contribution in [2.75, 3.05) is 26.4 Å². The molecule has 0 aliphatic heterocycles. The summed E-state index contributed by atoms with van der Waals surface area (Å²) in [5.74, 6) is 0. The van der Waals surface area contributed by atoms with Crippen LogP contribution in [-0.4, -0.2) is 46.4 Å². The zero-order valence-electron chi connectivity index (χ0n) is 11.3. The van der Waals surface area contributed by atoms with Crippen LogP contribution in [-0.2, 0) is 13.3 Å². The van der Waals surface area contributed by atoms with Crippen LogP contribution in [0, 0.1) is 0 Å². The molecule has 0 aliphatic carbocycles. The summed E-state index contributed by atoms with van der Waals surface area (Å²) in [5.41, 5.74) is 5.53. The van der Waals surface area contributed by atoms with Crippen LogP contribution in [0.15, 0.2) is 0 Å². The van der Waals surface area contributed by atoms with Gasteiger partial charge in [0.15, 0.2) is 0 Å². The van der Waals surface area contributed by atoms with Gasteiger partial charge in [0.2, 0.25) is 0 Å². The van der Waals surface area contributed by atoms with E-state index in [2.05, 4.69) is 0 Å². The van der Waals surface area contributed by atoms with Crippen molar-refractivity contribution in [1.82, 2.24) is 0 Å². The highest BCUT2D eigenvalue weighted by Crippen LogP contribution is 2.20. The molecule has 1 unspecified atom stereocenters. The molecule has 1 atom stereocenters. The lowest BCUT2D eigenvalue weighted by molar-refractivity contribution is 0.0298. The molecule has 0 spiro atoms. The van der Waals surface area contributed by atoms with E-state index < -0.39 is 8.80 Å². The number of hydrogen-bond donors (Lipinski definition) is 2. The maximum atomic E-state index is 8.90. The number of hydrogen-bond acceptors (Lipinski definition) is 5. The van der Waals surface area contributed by atoms with Gasteiger partial charge in [0.25, 0.3) is 0 Å². The van der Waals surface area contributed by atoms with Crippen LogP contribution in [0.25, 0.3) is 0 Å². The van der Waals surface area contributed by atoms with Crippen molar-refractivity contribution in [3.05, 3.63) is 0 Å². The van der Waals surface area contributed by atoms with Crippen molar-refractivity contribution in [3.8, 4) is 0 Å². The zero-order chi connectivity index (χ0) is 13.1. The molecular formula is C11H27NO4Si. The first-order valence-corrected chi connectivity index (χ1v) is 8.34. The van der Waals surface area contributed by atoms with E-state index in [4.69, 9.17) is 24.1 Å². The number of nitrogens with two attached hydrogens (primary N) is 1. The van der Waals surface area contributed by atoms with E-state index in [-0.39, 0.29) is 12.7 Å². The van der Waals surface area contributed by atoms with Crippen molar-refractivity contribution >= 4 is 8.80 Å². The highest BCUT2D eigenvalue weighted by molar-refractivity contribution is 6.60. The molecule has 0 aromatic carbocycles. The summed E-state index contributed by atoms with van der Waals surface area (Å²) in [4.78, 5) is 0. The first kappa shape index (κ1) is 17.0. The van der Waals surface area contributed by atoms with Crippen molar-refractivity contribution in [3.63, 3.8) is 0 Å². The van der Waals surface area contributed by atoms with E-state index in [9.17, 15) is 0 Å². The van der Waals surface area contributed by atoms with Gasteiger partial charge in [-0.05, 0) is 40.2 Å². The van der Waals surface area contributed by atoms with Crippen LogP contribution in [0.1, 0.15) is 33.6 Å². The van der Waals surface area contributed by atoms with Gasteiger partial charge in [-0.3, -0.25) is 0 Å². The molecule has 0 amide bonds. The van der Waals surface area contributed by atoms with Gasteiger partial charge in [0.1, 0.15) is 0 Å². The molecule has 0 heterocycles. The molecule has 0 fully saturated rings. The minimum Gasteiger partial charge on any atom is -0.396 e. The number of rotatable bonds is 11. The average molecular weight is 265 g/mol. The molecule has 0 aromatic rings. The van der Waals surface area contributed by atoms with E-state index in [0.29, 0.717) is 26.2 Å². The predicted molar refractivity (Wildman–Crippen MR) is 69.7 cm³/mol. The zero-order valence-corrected chi connectivity index (χ0v) is 12.3. The lowest BCUT2D eigenvalue weighted by Crippen LogP contribution is -2.48. The maximum Gasteiger partial charge on any atom is 0.501 e. The molecule has 0 rings (SSSR count). The fourth-order valence-electron chi connectivity index (χ4n) is 1.62. The Hall–Kier alpha value is 0.0169. The Labute approximate surface area is 106 Å². The minimum atomic E-state index is -2.61. The van der Waals surface area contributed by atoms with Crippen molar-refractivity contribution in [2.24, 2.45) is 5.73 Å². The van der Waals surface area contributed by atoms with E-state index in [1.165, 1.54) is 0 Å². The second kappa shape index (κ2) is 9.99. The SMILES string of the molecule is CCO[Si](CCCN)(OCC)OC(C)CCO. The monoisotopic (exact) mass is 265 g/mol. The Kier molecular flexibility index (Phi) is 10.00. The molecule has 17 heavy (non-hydrogen) atoms. The van der Waals surface area contributed by atoms with Gasteiger partial charge in [0, 0.05) is 32.0 Å². The lowest BCUT2D eigenvalue weighted by Gasteiger charge is -2.31. The summed E-state index contributed by atoms with van der Waals surface area (Å²) in [6.07, 6.45) is 1.37. The van der Waals surface area contributed by atoms with Crippen LogP contribution in [0.2, 0.25) is 6.04 Å². The summed E-state index contributed by atoms with van der Waals surface area (Å²) >= 11 is 0. The molecule has 0 aromatic heterocycles. The maximum absolute atomic E-state index is 8.90. The van der Waals surface area contributed by atoms with E-state index in [1.807, 2.05) is 20.8 Å². The number of aliphatic hydroxyl groups excluding tert-OH is 1. The standard InChI is InChI=1S/C11H27NO4Si/c1-4-14-17(15-5-2,10-6-8-12)16-11(3)7-9-13/h11,13H,4-10,12H2,1-3H3. The van der Waals surface area contributed by atoms with Gasteiger partial charge < -0.3 is 24.1 Å². The normalized spacial score (nSPS) is 13.9. The van der Waals surface area contributed by atoms with Gasteiger partial charge >= 0.3 is 8.80 Å². The highest BCUT2D eigenvalue weighted by atomic mass is 28.4. The quantitative estimate of drug-likeness (QED) is 0.548. The average Bonchev–Trinajstić information content (AvgIpc) is 2.27. The summed E-state index contributed by atoms with van der Waals surface area (Å²) in [7, 11) is -2.61. The van der Waals surface area contributed by atoms with Crippen LogP contribution in [0.4, 0.5) is 0 Å². The Bertz CT molecular complexity index is 177. The second-order valence-corrected chi connectivity index (χ2v) is 6.56. The predicted octanol–water partition coefficient (Wildman–Crippen LogP) is 1.13. The van der Waals surface area contributed by atoms with Gasteiger partial charge in [-0.1, -0.05) is 0 Å². The van der Waals surface area contributed by atoms with Crippen molar-refractivity contribution in [1.29, 1.82) is 0 Å². The third-order valence-corrected chi connectivity index (χ3v) is 5.52. The fourth-order valence-corrected chi connectivity index (χ4v) is 4.49. The van der Waals surface area contributed by atoms with Crippen molar-refractivity contribution < 1.29 is 18.4 Å². The largest absolute Gasteiger partial charge is 0.501 e. The van der Waals surface area contributed by atoms with Crippen LogP contribution < -0.4 is 5.73 Å². The molecule has 104 valence electrons. The second-order valence-electron chi connectivity index (χ2n) is 3.88. The molecule has 6 heteroatoms. The molecule has 0 radical (unpaired) electrons. The Morgan fingerprint density at radius 3 is 2.24 bits per heavy atom. The third kappa shape index (κ3) is 7.12. The molecule has 0 bridgehead atoms. The first-order chi connectivity index (χ1) is 8.14. The summed E-state index contributed by atoms with van der Waals surface area (Å²) in [6.45, 7) is 7.66. The fraction of sp³-hybridized carbons (Fsp3) is 1.00. The summed E-state index contributed by atoms with van der Waals surface area (Å²) < 4.78 is 17.4. The van der Waals surface area contributed by atoms with Crippen LogP contribution in [0.5, 0.6) is 0 Å². The van der Waals surface area contributed by atoms with Gasteiger partial charge in [-0.2, -0.15) is 0 Å². The lowest BCUT2D eigenvalue weighted by atomic mass is 10.3. The molecular weight excluding hydrogens is 238 g/mol. The third-order valence-electron chi connectivity index (χ3n) is 2.33. The van der Waals surface area contributed by atoms with Crippen molar-refractivity contribution in [2.45, 2.75) is 45.8 Å². The Morgan fingerprint density at radius 2 is 1.82 bits per heavy atom. The molecule has 0 aliphatic rings. The summed E-state index contributed by atoms with van der Waals surface area (Å²) in [6, 6.07) is 0.737. The van der Waals surface area contributed by atoms with Crippen LogP contribution in [0.3, 0.4) is 0 Å². The Balaban J connectivity index is 4.50. The molecule has 5 nitrogen and oxygen atoms in total. The van der Waals surface area contributed by atoms with E-state index >= 15 is 0 Å².